The molecule has 0 radical (unpaired) electrons. The van der Waals surface area contributed by atoms with Crippen molar-refractivity contribution in [1.29, 1.82) is 0 Å². The molecule has 0 saturated heterocycles. The zero-order chi connectivity index (χ0) is 21.3. The summed E-state index contributed by atoms with van der Waals surface area (Å²) in [6.07, 6.45) is 7.94. The average Bonchev–Trinajstić information content (AvgIpc) is 3.58. The highest BCUT2D eigenvalue weighted by atomic mass is 15.2. The Hall–Kier alpha value is -3.18. The number of imidazole rings is 1. The van der Waals surface area contributed by atoms with Crippen molar-refractivity contribution in [3.8, 4) is 0 Å². The first-order chi connectivity index (χ1) is 15.8. The lowest BCUT2D eigenvalue weighted by Gasteiger charge is -2.37. The fraction of sp³-hybridized carbons (Fsp3) is 0.333. The highest BCUT2D eigenvalue weighted by Gasteiger charge is 2.30. The lowest BCUT2D eigenvalue weighted by molar-refractivity contribution is 0.499. The summed E-state index contributed by atoms with van der Waals surface area (Å²) >= 11 is 0. The molecule has 2 aromatic carbocycles. The SMILES string of the molecule is c1ccc(N(Cc2nc3ccccc3[nH]2)C2CCCc3cccnc32)c(CNC2CC2)c1. The second-order valence-electron chi connectivity index (χ2n) is 9.07. The van der Waals surface area contributed by atoms with E-state index in [4.69, 9.17) is 9.97 Å². The fourth-order valence-corrected chi connectivity index (χ4v) is 4.98. The summed E-state index contributed by atoms with van der Waals surface area (Å²) in [4.78, 5) is 15.9. The maximum absolute atomic E-state index is 4.91. The number of benzene rings is 2. The highest BCUT2D eigenvalue weighted by Crippen LogP contribution is 2.38. The molecule has 2 aliphatic rings. The highest BCUT2D eigenvalue weighted by molar-refractivity contribution is 5.74. The molecule has 0 spiro atoms. The van der Waals surface area contributed by atoms with Gasteiger partial charge in [-0.25, -0.2) is 4.98 Å². The van der Waals surface area contributed by atoms with Gasteiger partial charge < -0.3 is 15.2 Å². The van der Waals surface area contributed by atoms with Crippen LogP contribution in [0.3, 0.4) is 0 Å². The Morgan fingerprint density at radius 3 is 2.75 bits per heavy atom. The van der Waals surface area contributed by atoms with Crippen LogP contribution in [-0.2, 0) is 19.5 Å². The Kier molecular flexibility index (Phi) is 5.12. The van der Waals surface area contributed by atoms with Crippen LogP contribution in [-0.4, -0.2) is 21.0 Å². The molecule has 1 unspecified atom stereocenters. The van der Waals surface area contributed by atoms with E-state index in [1.807, 2.05) is 12.3 Å². The van der Waals surface area contributed by atoms with E-state index in [0.717, 1.165) is 42.8 Å². The quantitative estimate of drug-likeness (QED) is 0.424. The van der Waals surface area contributed by atoms with Crippen molar-refractivity contribution in [3.63, 3.8) is 0 Å². The van der Waals surface area contributed by atoms with Gasteiger partial charge in [-0.1, -0.05) is 36.4 Å². The number of rotatable bonds is 7. The largest absolute Gasteiger partial charge is 0.355 e. The Morgan fingerprint density at radius 1 is 0.969 bits per heavy atom. The van der Waals surface area contributed by atoms with Crippen LogP contribution in [0.15, 0.2) is 66.9 Å². The average molecular weight is 424 g/mol. The Balaban J connectivity index is 1.41. The van der Waals surface area contributed by atoms with Gasteiger partial charge in [0.1, 0.15) is 5.82 Å². The first-order valence-corrected chi connectivity index (χ1v) is 11.8. The number of pyridine rings is 1. The second-order valence-corrected chi connectivity index (χ2v) is 9.07. The molecule has 2 heterocycles. The number of nitrogens with zero attached hydrogens (tertiary/aromatic N) is 3. The van der Waals surface area contributed by atoms with E-state index in [-0.39, 0.29) is 6.04 Å². The van der Waals surface area contributed by atoms with E-state index in [2.05, 4.69) is 69.8 Å². The second kappa shape index (κ2) is 8.40. The van der Waals surface area contributed by atoms with Gasteiger partial charge in [0.05, 0.1) is 29.3 Å². The Labute approximate surface area is 188 Å². The third-order valence-electron chi connectivity index (χ3n) is 6.76. The number of para-hydroxylation sites is 3. The molecule has 2 N–H and O–H groups in total. The van der Waals surface area contributed by atoms with Crippen molar-refractivity contribution in [3.05, 3.63) is 89.5 Å². The van der Waals surface area contributed by atoms with Gasteiger partial charge in [-0.2, -0.15) is 0 Å². The number of fused-ring (bicyclic) bond motifs is 2. The normalized spacial score (nSPS) is 17.9. The molecule has 32 heavy (non-hydrogen) atoms. The van der Waals surface area contributed by atoms with Crippen LogP contribution in [0, 0.1) is 0 Å². The van der Waals surface area contributed by atoms with Gasteiger partial charge in [-0.3, -0.25) is 4.98 Å². The standard InChI is InChI=1S/C27H29N5/c1-4-12-24(20(7-1)17-29-21-14-15-21)32(18-26-30-22-10-2-3-11-23(22)31-26)25-13-5-8-19-9-6-16-28-27(19)25/h1-4,6-7,9-12,16,21,25,29H,5,8,13-15,17-18H2,(H,30,31). The summed E-state index contributed by atoms with van der Waals surface area (Å²) in [5.74, 6) is 0.999. The molecule has 0 bridgehead atoms. The van der Waals surface area contributed by atoms with E-state index in [1.165, 1.54) is 41.8 Å². The van der Waals surface area contributed by atoms with Gasteiger partial charge in [0.15, 0.2) is 0 Å². The molecule has 5 heteroatoms. The smallest absolute Gasteiger partial charge is 0.126 e. The molecular formula is C27H29N5. The predicted molar refractivity (Wildman–Crippen MR) is 128 cm³/mol. The van der Waals surface area contributed by atoms with E-state index in [9.17, 15) is 0 Å². The van der Waals surface area contributed by atoms with Crippen LogP contribution >= 0.6 is 0 Å². The molecule has 2 aromatic heterocycles. The maximum Gasteiger partial charge on any atom is 0.126 e. The zero-order valence-corrected chi connectivity index (χ0v) is 18.3. The summed E-state index contributed by atoms with van der Waals surface area (Å²) in [5, 5.41) is 3.71. The molecular weight excluding hydrogens is 394 g/mol. The molecule has 0 aliphatic heterocycles. The number of aromatic amines is 1. The number of anilines is 1. The summed E-state index contributed by atoms with van der Waals surface area (Å²) in [6, 6.07) is 22.4. The number of hydrogen-bond acceptors (Lipinski definition) is 4. The van der Waals surface area contributed by atoms with Gasteiger partial charge >= 0.3 is 0 Å². The number of aromatic nitrogens is 3. The third kappa shape index (κ3) is 3.89. The minimum Gasteiger partial charge on any atom is -0.355 e. The summed E-state index contributed by atoms with van der Waals surface area (Å²) in [7, 11) is 0. The van der Waals surface area contributed by atoms with Crippen LogP contribution in [0.2, 0.25) is 0 Å². The van der Waals surface area contributed by atoms with E-state index >= 15 is 0 Å². The summed E-state index contributed by atoms with van der Waals surface area (Å²) < 4.78 is 0. The van der Waals surface area contributed by atoms with Crippen molar-refractivity contribution >= 4 is 16.7 Å². The molecule has 1 atom stereocenters. The van der Waals surface area contributed by atoms with Crippen LogP contribution < -0.4 is 10.2 Å². The topological polar surface area (TPSA) is 56.8 Å². The molecule has 5 nitrogen and oxygen atoms in total. The molecule has 6 rings (SSSR count). The predicted octanol–water partition coefficient (Wildman–Crippen LogP) is 5.29. The number of nitrogens with one attached hydrogen (secondary N) is 2. The fourth-order valence-electron chi connectivity index (χ4n) is 4.98. The minimum atomic E-state index is 0.246. The third-order valence-corrected chi connectivity index (χ3v) is 6.76. The van der Waals surface area contributed by atoms with Crippen molar-refractivity contribution < 1.29 is 0 Å². The lowest BCUT2D eigenvalue weighted by Crippen LogP contribution is -2.33. The molecule has 162 valence electrons. The van der Waals surface area contributed by atoms with Gasteiger partial charge in [0.2, 0.25) is 0 Å². The molecule has 2 aliphatic carbocycles. The Morgan fingerprint density at radius 2 is 1.84 bits per heavy atom. The van der Waals surface area contributed by atoms with Crippen LogP contribution in [0.25, 0.3) is 11.0 Å². The lowest BCUT2D eigenvalue weighted by atomic mass is 9.90. The van der Waals surface area contributed by atoms with Crippen molar-refractivity contribution in [1.82, 2.24) is 20.3 Å². The first-order valence-electron chi connectivity index (χ1n) is 11.8. The van der Waals surface area contributed by atoms with Crippen LogP contribution in [0.5, 0.6) is 0 Å². The molecule has 1 saturated carbocycles. The monoisotopic (exact) mass is 423 g/mol. The summed E-state index contributed by atoms with van der Waals surface area (Å²) in [5.41, 5.74) is 7.34. The maximum atomic E-state index is 4.91. The van der Waals surface area contributed by atoms with E-state index in [0.29, 0.717) is 6.04 Å². The van der Waals surface area contributed by atoms with Gasteiger partial charge in [-0.15, -0.1) is 0 Å². The van der Waals surface area contributed by atoms with E-state index in [1.54, 1.807) is 0 Å². The van der Waals surface area contributed by atoms with Crippen LogP contribution in [0.1, 0.15) is 54.4 Å². The Bertz CT molecular complexity index is 1190. The molecule has 1 fully saturated rings. The van der Waals surface area contributed by atoms with Gasteiger partial charge in [0, 0.05) is 24.5 Å². The first kappa shape index (κ1) is 19.5. The summed E-state index contributed by atoms with van der Waals surface area (Å²) in [6.45, 7) is 1.63. The van der Waals surface area contributed by atoms with Crippen molar-refractivity contribution in [2.24, 2.45) is 0 Å². The van der Waals surface area contributed by atoms with Crippen LogP contribution in [0.4, 0.5) is 5.69 Å². The van der Waals surface area contributed by atoms with E-state index < -0.39 is 0 Å². The van der Waals surface area contributed by atoms with Crippen molar-refractivity contribution in [2.75, 3.05) is 4.90 Å². The van der Waals surface area contributed by atoms with Gasteiger partial charge in [0.25, 0.3) is 0 Å². The number of aryl methyl sites for hydroxylation is 1. The number of H-pyrrole nitrogens is 1. The molecule has 4 aromatic rings. The zero-order valence-electron chi connectivity index (χ0n) is 18.3. The minimum absolute atomic E-state index is 0.246. The van der Waals surface area contributed by atoms with Crippen molar-refractivity contribution in [2.45, 2.75) is 57.3 Å². The molecule has 0 amide bonds. The number of hydrogen-bond donors (Lipinski definition) is 2. The van der Waals surface area contributed by atoms with Gasteiger partial charge in [-0.05, 0) is 67.5 Å².